The molecule has 0 aliphatic heterocycles. The van der Waals surface area contributed by atoms with E-state index in [1.165, 1.54) is 0 Å². The molecule has 0 fully saturated rings. The zero-order valence-corrected chi connectivity index (χ0v) is 17.7. The first-order chi connectivity index (χ1) is 14.5. The Kier molecular flexibility index (Phi) is 6.91. The Hall–Kier alpha value is -3.54. The number of aromatic nitrogens is 1. The number of methoxy groups -OCH3 is 2. The summed E-state index contributed by atoms with van der Waals surface area (Å²) in [5.41, 5.74) is 3.03. The summed E-state index contributed by atoms with van der Waals surface area (Å²) in [6.07, 6.45) is 1.66. The molecular weight excluding hydrogens is 380 g/mol. The van der Waals surface area contributed by atoms with Gasteiger partial charge in [0.2, 0.25) is 0 Å². The molecule has 0 spiro atoms. The average Bonchev–Trinajstić information content (AvgIpc) is 2.78. The summed E-state index contributed by atoms with van der Waals surface area (Å²) < 4.78 is 16.5. The van der Waals surface area contributed by atoms with Crippen LogP contribution in [0.25, 0.3) is 0 Å². The first-order valence-electron chi connectivity index (χ1n) is 9.64. The fourth-order valence-corrected chi connectivity index (χ4v) is 3.07. The van der Waals surface area contributed by atoms with Crippen LogP contribution in [-0.2, 0) is 11.3 Å². The molecule has 30 heavy (non-hydrogen) atoms. The van der Waals surface area contributed by atoms with Gasteiger partial charge in [0.25, 0.3) is 5.91 Å². The zero-order chi connectivity index (χ0) is 21.5. The number of anilines is 1. The van der Waals surface area contributed by atoms with Gasteiger partial charge in [-0.25, -0.2) is 4.98 Å². The van der Waals surface area contributed by atoms with Crippen molar-refractivity contribution < 1.29 is 19.0 Å². The van der Waals surface area contributed by atoms with Crippen LogP contribution in [0.15, 0.2) is 60.8 Å². The van der Waals surface area contributed by atoms with Crippen molar-refractivity contribution in [2.45, 2.75) is 20.4 Å². The van der Waals surface area contributed by atoms with Crippen molar-refractivity contribution >= 4 is 11.7 Å². The van der Waals surface area contributed by atoms with E-state index in [1.807, 2.05) is 62.4 Å². The van der Waals surface area contributed by atoms with Gasteiger partial charge in [0.15, 0.2) is 18.1 Å². The van der Waals surface area contributed by atoms with E-state index in [2.05, 4.69) is 4.98 Å². The highest BCUT2D eigenvalue weighted by Gasteiger charge is 2.19. The van der Waals surface area contributed by atoms with Crippen molar-refractivity contribution in [1.29, 1.82) is 0 Å². The lowest BCUT2D eigenvalue weighted by molar-refractivity contribution is -0.120. The molecule has 0 unspecified atom stereocenters. The summed E-state index contributed by atoms with van der Waals surface area (Å²) in [6, 6.07) is 16.8. The Morgan fingerprint density at radius 2 is 1.73 bits per heavy atom. The zero-order valence-electron chi connectivity index (χ0n) is 17.7. The van der Waals surface area contributed by atoms with Crippen molar-refractivity contribution in [2.24, 2.45) is 0 Å². The molecule has 6 nitrogen and oxygen atoms in total. The second kappa shape index (κ2) is 9.78. The third-order valence-electron chi connectivity index (χ3n) is 4.92. The highest BCUT2D eigenvalue weighted by Crippen LogP contribution is 2.29. The number of amides is 1. The van der Waals surface area contributed by atoms with Gasteiger partial charge < -0.3 is 14.2 Å². The van der Waals surface area contributed by atoms with Crippen LogP contribution in [0.3, 0.4) is 0 Å². The van der Waals surface area contributed by atoms with E-state index < -0.39 is 0 Å². The van der Waals surface area contributed by atoms with E-state index in [9.17, 15) is 4.79 Å². The fourth-order valence-electron chi connectivity index (χ4n) is 3.07. The van der Waals surface area contributed by atoms with Crippen LogP contribution in [-0.4, -0.2) is 31.7 Å². The molecule has 0 radical (unpaired) electrons. The fraction of sp³-hybridized carbons (Fsp3) is 0.250. The van der Waals surface area contributed by atoms with Crippen LogP contribution in [0.4, 0.5) is 5.82 Å². The van der Waals surface area contributed by atoms with Crippen LogP contribution < -0.4 is 19.1 Å². The maximum absolute atomic E-state index is 13.1. The minimum Gasteiger partial charge on any atom is -0.493 e. The van der Waals surface area contributed by atoms with Crippen molar-refractivity contribution in [3.05, 3.63) is 77.5 Å². The van der Waals surface area contributed by atoms with Gasteiger partial charge in [-0.2, -0.15) is 0 Å². The molecule has 1 amide bonds. The number of hydrogen-bond acceptors (Lipinski definition) is 5. The number of ether oxygens (including phenoxy) is 3. The van der Waals surface area contributed by atoms with Gasteiger partial charge in [0.05, 0.1) is 20.8 Å². The predicted molar refractivity (Wildman–Crippen MR) is 116 cm³/mol. The summed E-state index contributed by atoms with van der Waals surface area (Å²) >= 11 is 0. The quantitative estimate of drug-likeness (QED) is 0.557. The number of aryl methyl sites for hydroxylation is 1. The summed E-state index contributed by atoms with van der Waals surface area (Å²) in [4.78, 5) is 19.1. The van der Waals surface area contributed by atoms with Crippen LogP contribution >= 0.6 is 0 Å². The molecule has 0 saturated carbocycles. The van der Waals surface area contributed by atoms with Crippen LogP contribution in [0.1, 0.15) is 16.7 Å². The topological polar surface area (TPSA) is 60.9 Å². The number of carbonyl (C=O) groups is 1. The minimum absolute atomic E-state index is 0.0891. The predicted octanol–water partition coefficient (Wildman–Crippen LogP) is 4.33. The van der Waals surface area contributed by atoms with E-state index in [0.717, 1.165) is 16.7 Å². The Balaban J connectivity index is 1.82. The minimum atomic E-state index is -0.190. The molecule has 3 rings (SSSR count). The van der Waals surface area contributed by atoms with Gasteiger partial charge >= 0.3 is 0 Å². The molecule has 6 heteroatoms. The van der Waals surface area contributed by atoms with Crippen LogP contribution in [0, 0.1) is 13.8 Å². The SMILES string of the molecule is COc1ccc(CN(C(=O)COc2cccc(C)c2C)c2ccccn2)cc1OC. The maximum atomic E-state index is 13.1. The molecule has 3 aromatic rings. The van der Waals surface area contributed by atoms with E-state index in [1.54, 1.807) is 31.4 Å². The van der Waals surface area contributed by atoms with Crippen molar-refractivity contribution in [3.8, 4) is 17.2 Å². The standard InChI is InChI=1S/C24H26N2O4/c1-17-8-7-9-20(18(17)2)30-16-24(27)26(23-10-5-6-13-25-23)15-19-11-12-21(28-3)22(14-19)29-4/h5-14H,15-16H2,1-4H3. The highest BCUT2D eigenvalue weighted by molar-refractivity contribution is 5.93. The number of benzene rings is 2. The number of hydrogen-bond donors (Lipinski definition) is 0. The molecule has 2 aromatic carbocycles. The number of nitrogens with zero attached hydrogens (tertiary/aromatic N) is 2. The lowest BCUT2D eigenvalue weighted by Crippen LogP contribution is -2.35. The van der Waals surface area contributed by atoms with Crippen molar-refractivity contribution in [2.75, 3.05) is 25.7 Å². The van der Waals surface area contributed by atoms with Crippen LogP contribution in [0.5, 0.6) is 17.2 Å². The third kappa shape index (κ3) is 4.89. The summed E-state index contributed by atoms with van der Waals surface area (Å²) in [5, 5.41) is 0. The summed E-state index contributed by atoms with van der Waals surface area (Å²) in [5.74, 6) is 2.31. The Labute approximate surface area is 177 Å². The third-order valence-corrected chi connectivity index (χ3v) is 4.92. The van der Waals surface area contributed by atoms with E-state index in [0.29, 0.717) is 29.6 Å². The molecule has 0 atom stereocenters. The maximum Gasteiger partial charge on any atom is 0.266 e. The molecular formula is C24H26N2O4. The smallest absolute Gasteiger partial charge is 0.266 e. The second-order valence-corrected chi connectivity index (χ2v) is 6.84. The monoisotopic (exact) mass is 406 g/mol. The number of pyridine rings is 1. The summed E-state index contributed by atoms with van der Waals surface area (Å²) in [7, 11) is 3.17. The molecule has 0 saturated heterocycles. The molecule has 156 valence electrons. The van der Waals surface area contributed by atoms with Crippen molar-refractivity contribution in [3.63, 3.8) is 0 Å². The van der Waals surface area contributed by atoms with Gasteiger partial charge in [-0.15, -0.1) is 0 Å². The van der Waals surface area contributed by atoms with Gasteiger partial charge in [-0.05, 0) is 60.9 Å². The molecule has 1 heterocycles. The van der Waals surface area contributed by atoms with E-state index >= 15 is 0 Å². The molecule has 1 aromatic heterocycles. The first kappa shape index (κ1) is 21.2. The average molecular weight is 406 g/mol. The van der Waals surface area contributed by atoms with Crippen molar-refractivity contribution in [1.82, 2.24) is 4.98 Å². The molecule has 0 aliphatic rings. The van der Waals surface area contributed by atoms with Gasteiger partial charge in [0, 0.05) is 6.20 Å². The molecule has 0 N–H and O–H groups in total. The lowest BCUT2D eigenvalue weighted by atomic mass is 10.1. The number of carbonyl (C=O) groups excluding carboxylic acids is 1. The molecule has 0 bridgehead atoms. The van der Waals surface area contributed by atoms with Gasteiger partial charge in [0.1, 0.15) is 11.6 Å². The molecule has 0 aliphatic carbocycles. The highest BCUT2D eigenvalue weighted by atomic mass is 16.5. The normalized spacial score (nSPS) is 10.4. The number of rotatable bonds is 8. The first-order valence-corrected chi connectivity index (χ1v) is 9.64. The Bertz CT molecular complexity index is 1010. The second-order valence-electron chi connectivity index (χ2n) is 6.84. The Morgan fingerprint density at radius 1 is 0.933 bits per heavy atom. The van der Waals surface area contributed by atoms with E-state index in [4.69, 9.17) is 14.2 Å². The van der Waals surface area contributed by atoms with E-state index in [-0.39, 0.29) is 12.5 Å². The largest absolute Gasteiger partial charge is 0.493 e. The Morgan fingerprint density at radius 3 is 2.43 bits per heavy atom. The summed E-state index contributed by atoms with van der Waals surface area (Å²) in [6.45, 7) is 4.23. The van der Waals surface area contributed by atoms with Gasteiger partial charge in [-0.1, -0.05) is 24.3 Å². The van der Waals surface area contributed by atoms with Crippen LogP contribution in [0.2, 0.25) is 0 Å². The lowest BCUT2D eigenvalue weighted by Gasteiger charge is -2.23. The van der Waals surface area contributed by atoms with Gasteiger partial charge in [-0.3, -0.25) is 9.69 Å².